The highest BCUT2D eigenvalue weighted by atomic mass is 16.1. The summed E-state index contributed by atoms with van der Waals surface area (Å²) in [5.74, 6) is -0.0280. The second kappa shape index (κ2) is 7.28. The molecule has 0 aliphatic heterocycles. The number of pyridine rings is 1. The number of hydrogen-bond acceptors (Lipinski definition) is 3. The van der Waals surface area contributed by atoms with E-state index in [4.69, 9.17) is 0 Å². The topological polar surface area (TPSA) is 54.0 Å². The van der Waals surface area contributed by atoms with E-state index in [0.29, 0.717) is 6.54 Å². The van der Waals surface area contributed by atoms with Crippen LogP contribution in [0.4, 0.5) is 5.69 Å². The lowest BCUT2D eigenvalue weighted by Gasteiger charge is -2.11. The minimum atomic E-state index is -0.0280. The number of benzene rings is 1. The summed E-state index contributed by atoms with van der Waals surface area (Å²) in [6, 6.07) is 11.8. The van der Waals surface area contributed by atoms with Crippen LogP contribution < -0.4 is 10.6 Å². The molecule has 0 atom stereocenters. The van der Waals surface area contributed by atoms with Gasteiger partial charge in [-0.2, -0.15) is 0 Å². The molecule has 1 heterocycles. The average molecular weight is 269 g/mol. The summed E-state index contributed by atoms with van der Waals surface area (Å²) in [6.45, 7) is 2.88. The number of amides is 1. The maximum Gasteiger partial charge on any atom is 0.239 e. The van der Waals surface area contributed by atoms with Gasteiger partial charge in [-0.05, 0) is 29.7 Å². The number of aromatic nitrogens is 1. The first-order valence-corrected chi connectivity index (χ1v) is 6.77. The summed E-state index contributed by atoms with van der Waals surface area (Å²) in [4.78, 5) is 15.8. The molecule has 0 aliphatic carbocycles. The number of carbonyl (C=O) groups is 1. The number of rotatable bonds is 6. The third-order valence-corrected chi connectivity index (χ3v) is 3.05. The summed E-state index contributed by atoms with van der Waals surface area (Å²) in [5, 5.41) is 6.04. The van der Waals surface area contributed by atoms with Gasteiger partial charge >= 0.3 is 0 Å². The Hall–Kier alpha value is -2.36. The Morgan fingerprint density at radius 2 is 2.05 bits per heavy atom. The minimum Gasteiger partial charge on any atom is -0.376 e. The van der Waals surface area contributed by atoms with Crippen molar-refractivity contribution in [3.63, 3.8) is 0 Å². The van der Waals surface area contributed by atoms with Crippen LogP contribution in [-0.4, -0.2) is 17.4 Å². The van der Waals surface area contributed by atoms with Crippen molar-refractivity contribution in [2.45, 2.75) is 19.9 Å². The van der Waals surface area contributed by atoms with Gasteiger partial charge in [-0.15, -0.1) is 0 Å². The molecule has 1 aromatic heterocycles. The van der Waals surface area contributed by atoms with E-state index in [1.54, 1.807) is 12.4 Å². The molecule has 4 nitrogen and oxygen atoms in total. The van der Waals surface area contributed by atoms with Crippen LogP contribution in [0.5, 0.6) is 0 Å². The second-order valence-corrected chi connectivity index (χ2v) is 4.50. The predicted molar refractivity (Wildman–Crippen MR) is 80.4 cm³/mol. The van der Waals surface area contributed by atoms with Gasteiger partial charge in [0, 0.05) is 24.6 Å². The Morgan fingerprint density at radius 3 is 2.80 bits per heavy atom. The number of carbonyl (C=O) groups excluding carboxylic acids is 1. The molecule has 0 bridgehead atoms. The Morgan fingerprint density at radius 1 is 1.20 bits per heavy atom. The molecule has 2 rings (SSSR count). The van der Waals surface area contributed by atoms with Crippen molar-refractivity contribution in [2.75, 3.05) is 11.9 Å². The molecule has 0 saturated heterocycles. The van der Waals surface area contributed by atoms with Crippen LogP contribution in [0, 0.1) is 0 Å². The lowest BCUT2D eigenvalue weighted by Crippen LogP contribution is -2.29. The SMILES string of the molecule is CCc1ccccc1NCC(=O)NCc1cccnc1. The third-order valence-electron chi connectivity index (χ3n) is 3.05. The summed E-state index contributed by atoms with van der Waals surface area (Å²) in [7, 11) is 0. The van der Waals surface area contributed by atoms with E-state index < -0.39 is 0 Å². The Labute approximate surface area is 119 Å². The zero-order valence-electron chi connectivity index (χ0n) is 11.6. The molecule has 0 unspecified atom stereocenters. The smallest absolute Gasteiger partial charge is 0.239 e. The van der Waals surface area contributed by atoms with Crippen LogP contribution in [0.15, 0.2) is 48.8 Å². The van der Waals surface area contributed by atoms with Gasteiger partial charge in [0.1, 0.15) is 0 Å². The lowest BCUT2D eigenvalue weighted by atomic mass is 10.1. The minimum absolute atomic E-state index is 0.0280. The summed E-state index contributed by atoms with van der Waals surface area (Å²) in [5.41, 5.74) is 3.23. The van der Waals surface area contributed by atoms with Crippen LogP contribution in [-0.2, 0) is 17.8 Å². The highest BCUT2D eigenvalue weighted by Crippen LogP contribution is 2.14. The van der Waals surface area contributed by atoms with E-state index in [0.717, 1.165) is 17.7 Å². The van der Waals surface area contributed by atoms with Gasteiger partial charge in [0.15, 0.2) is 0 Å². The molecule has 0 aliphatic rings. The maximum absolute atomic E-state index is 11.8. The number of para-hydroxylation sites is 1. The molecular weight excluding hydrogens is 250 g/mol. The van der Waals surface area contributed by atoms with Crippen LogP contribution >= 0.6 is 0 Å². The maximum atomic E-state index is 11.8. The van der Waals surface area contributed by atoms with E-state index in [1.807, 2.05) is 30.3 Å². The van der Waals surface area contributed by atoms with Crippen LogP contribution in [0.3, 0.4) is 0 Å². The molecule has 1 amide bonds. The third kappa shape index (κ3) is 4.09. The summed E-state index contributed by atoms with van der Waals surface area (Å²) in [6.07, 6.45) is 4.41. The van der Waals surface area contributed by atoms with E-state index in [9.17, 15) is 4.79 Å². The average Bonchev–Trinajstić information content (AvgIpc) is 2.52. The fourth-order valence-corrected chi connectivity index (χ4v) is 1.94. The first-order chi connectivity index (χ1) is 9.79. The molecule has 0 saturated carbocycles. The Balaban J connectivity index is 1.80. The van der Waals surface area contributed by atoms with E-state index in [1.165, 1.54) is 5.56 Å². The van der Waals surface area contributed by atoms with Crippen molar-refractivity contribution < 1.29 is 4.79 Å². The first kappa shape index (κ1) is 14.1. The zero-order valence-corrected chi connectivity index (χ0v) is 11.6. The number of nitrogens with one attached hydrogen (secondary N) is 2. The fourth-order valence-electron chi connectivity index (χ4n) is 1.94. The molecule has 0 fully saturated rings. The number of hydrogen-bond donors (Lipinski definition) is 2. The van der Waals surface area contributed by atoms with Gasteiger partial charge in [-0.3, -0.25) is 9.78 Å². The Kier molecular flexibility index (Phi) is 5.12. The molecule has 0 radical (unpaired) electrons. The first-order valence-electron chi connectivity index (χ1n) is 6.77. The van der Waals surface area contributed by atoms with Crippen molar-refractivity contribution in [3.8, 4) is 0 Å². The van der Waals surface area contributed by atoms with Gasteiger partial charge in [-0.1, -0.05) is 31.2 Å². The van der Waals surface area contributed by atoms with Gasteiger partial charge in [0.05, 0.1) is 6.54 Å². The second-order valence-electron chi connectivity index (χ2n) is 4.50. The van der Waals surface area contributed by atoms with Gasteiger partial charge < -0.3 is 10.6 Å². The molecule has 0 spiro atoms. The number of anilines is 1. The van der Waals surface area contributed by atoms with Crippen molar-refractivity contribution in [2.24, 2.45) is 0 Å². The van der Waals surface area contributed by atoms with Crippen LogP contribution in [0.1, 0.15) is 18.1 Å². The molecular formula is C16H19N3O. The number of aryl methyl sites for hydroxylation is 1. The standard InChI is InChI=1S/C16H19N3O/c1-2-14-7-3-4-8-15(14)18-12-16(20)19-11-13-6-5-9-17-10-13/h3-10,18H,2,11-12H2,1H3,(H,19,20). The monoisotopic (exact) mass is 269 g/mol. The molecule has 2 aromatic rings. The van der Waals surface area contributed by atoms with E-state index in [2.05, 4.69) is 28.6 Å². The highest BCUT2D eigenvalue weighted by Gasteiger charge is 2.03. The molecule has 4 heteroatoms. The fraction of sp³-hybridized carbons (Fsp3) is 0.250. The normalized spacial score (nSPS) is 10.1. The van der Waals surface area contributed by atoms with Crippen molar-refractivity contribution in [1.82, 2.24) is 10.3 Å². The van der Waals surface area contributed by atoms with Crippen molar-refractivity contribution in [3.05, 3.63) is 59.9 Å². The van der Waals surface area contributed by atoms with Crippen molar-refractivity contribution in [1.29, 1.82) is 0 Å². The van der Waals surface area contributed by atoms with Crippen molar-refractivity contribution >= 4 is 11.6 Å². The van der Waals surface area contributed by atoms with Gasteiger partial charge in [-0.25, -0.2) is 0 Å². The predicted octanol–water partition coefficient (Wildman–Crippen LogP) is 2.37. The summed E-state index contributed by atoms with van der Waals surface area (Å²) >= 11 is 0. The quantitative estimate of drug-likeness (QED) is 0.846. The zero-order chi connectivity index (χ0) is 14.2. The molecule has 1 aromatic carbocycles. The Bertz CT molecular complexity index is 555. The summed E-state index contributed by atoms with van der Waals surface area (Å²) < 4.78 is 0. The van der Waals surface area contributed by atoms with E-state index >= 15 is 0 Å². The molecule has 2 N–H and O–H groups in total. The van der Waals surface area contributed by atoms with Crippen LogP contribution in [0.2, 0.25) is 0 Å². The van der Waals surface area contributed by atoms with E-state index in [-0.39, 0.29) is 12.5 Å². The molecule has 20 heavy (non-hydrogen) atoms. The number of nitrogens with zero attached hydrogens (tertiary/aromatic N) is 1. The van der Waals surface area contributed by atoms with Gasteiger partial charge in [0.25, 0.3) is 0 Å². The highest BCUT2D eigenvalue weighted by molar-refractivity contribution is 5.80. The largest absolute Gasteiger partial charge is 0.376 e. The van der Waals surface area contributed by atoms with Crippen LogP contribution in [0.25, 0.3) is 0 Å². The molecule has 104 valence electrons. The lowest BCUT2D eigenvalue weighted by molar-refractivity contribution is -0.119. The van der Waals surface area contributed by atoms with Gasteiger partial charge in [0.2, 0.25) is 5.91 Å².